The highest BCUT2D eigenvalue weighted by atomic mass is 32.2. The highest BCUT2D eigenvalue weighted by molar-refractivity contribution is 7.99. The van der Waals surface area contributed by atoms with Crippen LogP contribution in [0.25, 0.3) is 0 Å². The van der Waals surface area contributed by atoms with Crippen molar-refractivity contribution in [2.45, 2.75) is 38.1 Å². The summed E-state index contributed by atoms with van der Waals surface area (Å²) in [5.41, 5.74) is 5.65. The fourth-order valence-electron chi connectivity index (χ4n) is 1.84. The third kappa shape index (κ3) is 4.29. The molecule has 114 valence electrons. The lowest BCUT2D eigenvalue weighted by molar-refractivity contribution is -0.118. The van der Waals surface area contributed by atoms with E-state index >= 15 is 0 Å². The lowest BCUT2D eigenvalue weighted by Gasteiger charge is -2.12. The molecule has 3 N–H and O–H groups in total. The zero-order valence-electron chi connectivity index (χ0n) is 12.1. The van der Waals surface area contributed by atoms with E-state index in [-0.39, 0.29) is 11.9 Å². The van der Waals surface area contributed by atoms with Gasteiger partial charge in [0.1, 0.15) is 5.82 Å². The second-order valence-corrected chi connectivity index (χ2v) is 6.69. The molecule has 0 saturated carbocycles. The van der Waals surface area contributed by atoms with Gasteiger partial charge < -0.3 is 15.6 Å². The topological polar surface area (TPSA) is 85.8 Å². The summed E-state index contributed by atoms with van der Waals surface area (Å²) in [7, 11) is 0. The predicted molar refractivity (Wildman–Crippen MR) is 85.2 cm³/mol. The lowest BCUT2D eigenvalue weighted by atomic mass is 10.4. The van der Waals surface area contributed by atoms with Gasteiger partial charge in [-0.15, -0.1) is 21.5 Å². The van der Waals surface area contributed by atoms with Crippen LogP contribution >= 0.6 is 23.1 Å². The van der Waals surface area contributed by atoms with Crippen molar-refractivity contribution < 1.29 is 4.79 Å². The first-order valence-electron chi connectivity index (χ1n) is 6.67. The summed E-state index contributed by atoms with van der Waals surface area (Å²) >= 11 is 3.01. The third-order valence-electron chi connectivity index (χ3n) is 2.81. The zero-order chi connectivity index (χ0) is 15.2. The summed E-state index contributed by atoms with van der Waals surface area (Å²) in [5, 5.41) is 13.8. The molecule has 0 spiro atoms. The van der Waals surface area contributed by atoms with Crippen LogP contribution in [0, 0.1) is 0 Å². The summed E-state index contributed by atoms with van der Waals surface area (Å²) in [4.78, 5) is 13.0. The van der Waals surface area contributed by atoms with Gasteiger partial charge in [0.25, 0.3) is 0 Å². The maximum absolute atomic E-state index is 11.9. The minimum Gasteiger partial charge on any atom is -0.350 e. The summed E-state index contributed by atoms with van der Waals surface area (Å²) in [5.74, 6) is 1.05. The van der Waals surface area contributed by atoms with Crippen LogP contribution in [0.1, 0.15) is 30.6 Å². The molecule has 21 heavy (non-hydrogen) atoms. The zero-order valence-corrected chi connectivity index (χ0v) is 13.7. The van der Waals surface area contributed by atoms with E-state index in [9.17, 15) is 4.79 Å². The first-order chi connectivity index (χ1) is 10.1. The molecule has 0 atom stereocenters. The summed E-state index contributed by atoms with van der Waals surface area (Å²) in [6.07, 6.45) is 0. The first kappa shape index (κ1) is 16.0. The molecule has 2 aromatic heterocycles. The quantitative estimate of drug-likeness (QED) is 0.758. The second-order valence-electron chi connectivity index (χ2n) is 4.71. The van der Waals surface area contributed by atoms with Crippen LogP contribution in [-0.4, -0.2) is 26.4 Å². The van der Waals surface area contributed by atoms with Gasteiger partial charge in [0, 0.05) is 10.9 Å². The van der Waals surface area contributed by atoms with Crippen molar-refractivity contribution in [3.05, 3.63) is 28.2 Å². The van der Waals surface area contributed by atoms with Gasteiger partial charge in [0.05, 0.1) is 18.8 Å². The SMILES string of the molecule is CC(C)n1c(CN)nnc1SCC(=O)NCc1cccs1. The van der Waals surface area contributed by atoms with Gasteiger partial charge in [0.2, 0.25) is 5.91 Å². The Morgan fingerprint density at radius 3 is 2.95 bits per heavy atom. The van der Waals surface area contributed by atoms with Crippen molar-refractivity contribution >= 4 is 29.0 Å². The summed E-state index contributed by atoms with van der Waals surface area (Å²) in [6, 6.07) is 4.19. The largest absolute Gasteiger partial charge is 0.350 e. The maximum Gasteiger partial charge on any atom is 0.230 e. The van der Waals surface area contributed by atoms with Crippen LogP contribution in [0.5, 0.6) is 0 Å². The number of thioether (sulfide) groups is 1. The molecule has 0 aromatic carbocycles. The van der Waals surface area contributed by atoms with Crippen LogP contribution in [0.15, 0.2) is 22.7 Å². The van der Waals surface area contributed by atoms with Crippen molar-refractivity contribution in [1.82, 2.24) is 20.1 Å². The van der Waals surface area contributed by atoms with Gasteiger partial charge in [-0.2, -0.15) is 0 Å². The van der Waals surface area contributed by atoms with E-state index < -0.39 is 0 Å². The van der Waals surface area contributed by atoms with E-state index in [4.69, 9.17) is 5.73 Å². The number of thiophene rings is 1. The van der Waals surface area contributed by atoms with E-state index in [1.165, 1.54) is 11.8 Å². The number of nitrogens with two attached hydrogens (primary N) is 1. The normalized spacial score (nSPS) is 11.0. The Morgan fingerprint density at radius 2 is 2.33 bits per heavy atom. The van der Waals surface area contributed by atoms with Crippen LogP contribution in [0.4, 0.5) is 0 Å². The number of amides is 1. The van der Waals surface area contributed by atoms with E-state index in [2.05, 4.69) is 15.5 Å². The lowest BCUT2D eigenvalue weighted by Crippen LogP contribution is -2.24. The smallest absolute Gasteiger partial charge is 0.230 e. The Morgan fingerprint density at radius 1 is 1.52 bits per heavy atom. The molecule has 6 nitrogen and oxygen atoms in total. The molecule has 0 aliphatic heterocycles. The average molecular weight is 325 g/mol. The maximum atomic E-state index is 11.9. The molecule has 0 unspecified atom stereocenters. The van der Waals surface area contributed by atoms with Crippen LogP contribution in [-0.2, 0) is 17.9 Å². The molecule has 2 aromatic rings. The van der Waals surface area contributed by atoms with Crippen LogP contribution in [0.3, 0.4) is 0 Å². The number of carbonyl (C=O) groups excluding carboxylic acids is 1. The highest BCUT2D eigenvalue weighted by Gasteiger charge is 2.15. The molecule has 1 amide bonds. The highest BCUT2D eigenvalue weighted by Crippen LogP contribution is 2.21. The molecule has 2 rings (SSSR count). The van der Waals surface area contributed by atoms with Gasteiger partial charge in [0.15, 0.2) is 5.16 Å². The first-order valence-corrected chi connectivity index (χ1v) is 8.54. The summed E-state index contributed by atoms with van der Waals surface area (Å²) in [6.45, 7) is 5.01. The minimum atomic E-state index is -0.0130. The number of hydrogen-bond donors (Lipinski definition) is 2. The number of nitrogens with zero attached hydrogens (tertiary/aromatic N) is 3. The van der Waals surface area contributed by atoms with Crippen LogP contribution < -0.4 is 11.1 Å². The Balaban J connectivity index is 1.87. The average Bonchev–Trinajstić information content (AvgIpc) is 3.11. The van der Waals surface area contributed by atoms with Crippen molar-refractivity contribution in [1.29, 1.82) is 0 Å². The Kier molecular flexibility index (Phi) is 5.77. The molecule has 8 heteroatoms. The van der Waals surface area contributed by atoms with Gasteiger partial charge in [-0.1, -0.05) is 17.8 Å². The fraction of sp³-hybridized carbons (Fsp3) is 0.462. The van der Waals surface area contributed by atoms with Crippen molar-refractivity contribution in [2.75, 3.05) is 5.75 Å². The molecule has 0 bridgehead atoms. The molecule has 0 aliphatic rings. The Hall–Kier alpha value is -1.38. The number of rotatable bonds is 7. The van der Waals surface area contributed by atoms with Crippen LogP contribution in [0.2, 0.25) is 0 Å². The van der Waals surface area contributed by atoms with E-state index in [0.29, 0.717) is 18.8 Å². The van der Waals surface area contributed by atoms with E-state index in [0.717, 1.165) is 15.9 Å². The van der Waals surface area contributed by atoms with Crippen molar-refractivity contribution in [2.24, 2.45) is 5.73 Å². The molecular weight excluding hydrogens is 306 g/mol. The predicted octanol–water partition coefficient (Wildman–Crippen LogP) is 1.79. The standard InChI is InChI=1S/C13H19N5OS2/c1-9(2)18-11(6-14)16-17-13(18)21-8-12(19)15-7-10-4-3-5-20-10/h3-5,9H,6-8,14H2,1-2H3,(H,15,19). The number of aromatic nitrogens is 3. The Labute approximate surface area is 132 Å². The van der Waals surface area contributed by atoms with Crippen molar-refractivity contribution in [3.8, 4) is 0 Å². The van der Waals surface area contributed by atoms with Gasteiger partial charge in [-0.3, -0.25) is 4.79 Å². The molecular formula is C13H19N5OS2. The van der Waals surface area contributed by atoms with Crippen molar-refractivity contribution in [3.63, 3.8) is 0 Å². The Bertz CT molecular complexity index is 579. The number of carbonyl (C=O) groups is 1. The monoisotopic (exact) mass is 325 g/mol. The number of hydrogen-bond acceptors (Lipinski definition) is 6. The second kappa shape index (κ2) is 7.58. The molecule has 0 saturated heterocycles. The number of nitrogens with one attached hydrogen (secondary N) is 1. The van der Waals surface area contributed by atoms with Gasteiger partial charge >= 0.3 is 0 Å². The van der Waals surface area contributed by atoms with Gasteiger partial charge in [-0.05, 0) is 25.3 Å². The molecule has 2 heterocycles. The summed E-state index contributed by atoms with van der Waals surface area (Å²) < 4.78 is 1.97. The third-order valence-corrected chi connectivity index (χ3v) is 4.63. The minimum absolute atomic E-state index is 0.0130. The molecule has 0 fully saturated rings. The van der Waals surface area contributed by atoms with E-state index in [1.54, 1.807) is 11.3 Å². The van der Waals surface area contributed by atoms with E-state index in [1.807, 2.05) is 35.9 Å². The molecule has 0 radical (unpaired) electrons. The fourth-order valence-corrected chi connectivity index (χ4v) is 3.40. The van der Waals surface area contributed by atoms with Gasteiger partial charge in [-0.25, -0.2) is 0 Å². The molecule has 0 aliphatic carbocycles.